The molecule has 2 aromatic carbocycles. The van der Waals surface area contributed by atoms with Crippen molar-refractivity contribution in [3.8, 4) is 0 Å². The molecular weight excluding hydrogens is 651 g/mol. The van der Waals surface area contributed by atoms with Crippen LogP contribution in [0.2, 0.25) is 10.0 Å². The third-order valence-electron chi connectivity index (χ3n) is 6.28. The van der Waals surface area contributed by atoms with Crippen LogP contribution < -0.4 is 16.0 Å². The Hall–Kier alpha value is -3.29. The lowest BCUT2D eigenvalue weighted by Gasteiger charge is -2.26. The number of rotatable bonds is 16. The molecule has 2 aromatic rings. The van der Waals surface area contributed by atoms with Crippen LogP contribution in [0.5, 0.6) is 0 Å². The molecule has 2 atom stereocenters. The maximum absolute atomic E-state index is 12.1. The van der Waals surface area contributed by atoms with Crippen molar-refractivity contribution in [2.75, 3.05) is 67.7 Å². The van der Waals surface area contributed by atoms with Crippen LogP contribution in [0, 0.1) is 0 Å². The first kappa shape index (κ1) is 41.7. The van der Waals surface area contributed by atoms with Gasteiger partial charge in [-0.25, -0.2) is 14.4 Å². The molecule has 0 heterocycles. The molecule has 0 fully saturated rings. The van der Waals surface area contributed by atoms with Gasteiger partial charge in [0.1, 0.15) is 5.60 Å². The molecule has 0 bridgehead atoms. The molecule has 0 aliphatic heterocycles. The summed E-state index contributed by atoms with van der Waals surface area (Å²) in [7, 11) is 6.21. The van der Waals surface area contributed by atoms with E-state index in [4.69, 9.17) is 37.4 Å². The highest BCUT2D eigenvalue weighted by atomic mass is 35.5. The van der Waals surface area contributed by atoms with Gasteiger partial charge in [-0.05, 0) is 82.6 Å². The van der Waals surface area contributed by atoms with E-state index in [1.54, 1.807) is 13.1 Å². The number of alkyl carbamates (subject to hydrolysis) is 2. The lowest BCUT2D eigenvalue weighted by Crippen LogP contribution is -2.35. The lowest BCUT2D eigenvalue weighted by molar-refractivity contribution is 0.0189. The van der Waals surface area contributed by atoms with Crippen molar-refractivity contribution in [3.05, 3.63) is 69.7 Å². The third-order valence-corrected chi connectivity index (χ3v) is 6.75. The highest BCUT2D eigenvalue weighted by Crippen LogP contribution is 2.25. The van der Waals surface area contributed by atoms with Gasteiger partial charge in [-0.3, -0.25) is 0 Å². The number of nitrogens with zero attached hydrogens (tertiary/aromatic N) is 1. The van der Waals surface area contributed by atoms with Crippen LogP contribution in [0.1, 0.15) is 56.9 Å². The van der Waals surface area contributed by atoms with Gasteiger partial charge in [0.05, 0.1) is 39.6 Å². The zero-order valence-corrected chi connectivity index (χ0v) is 29.9. The molecule has 47 heavy (non-hydrogen) atoms. The van der Waals surface area contributed by atoms with E-state index < -0.39 is 17.8 Å². The van der Waals surface area contributed by atoms with Gasteiger partial charge < -0.3 is 44.5 Å². The SMILES string of the molecule is CNCCC(OCCNC(=O)OC)c1cccc(Cl)c1.COC(=O)NCCOC(CCN(C)C(=O)OC(C)(C)C)c1cccc(Cl)c1. The van der Waals surface area contributed by atoms with Crippen LogP contribution in [0.4, 0.5) is 14.4 Å². The molecule has 0 saturated carbocycles. The maximum atomic E-state index is 12.1. The van der Waals surface area contributed by atoms with Crippen molar-refractivity contribution >= 4 is 41.5 Å². The lowest BCUT2D eigenvalue weighted by atomic mass is 10.1. The molecule has 0 spiro atoms. The third kappa shape index (κ3) is 19.2. The van der Waals surface area contributed by atoms with Gasteiger partial charge in [-0.15, -0.1) is 0 Å². The van der Waals surface area contributed by atoms with Gasteiger partial charge in [-0.2, -0.15) is 0 Å². The average molecular weight is 702 g/mol. The topological polar surface area (TPSA) is 137 Å². The molecule has 3 amide bonds. The molecule has 14 heteroatoms. The first-order valence-electron chi connectivity index (χ1n) is 15.3. The zero-order chi connectivity index (χ0) is 35.2. The van der Waals surface area contributed by atoms with Crippen molar-refractivity contribution in [2.45, 2.75) is 51.4 Å². The number of ether oxygens (including phenoxy) is 5. The summed E-state index contributed by atoms with van der Waals surface area (Å²) in [5.74, 6) is 0. The summed E-state index contributed by atoms with van der Waals surface area (Å²) in [5.41, 5.74) is 1.39. The fourth-order valence-corrected chi connectivity index (χ4v) is 4.37. The number of amides is 3. The van der Waals surface area contributed by atoms with E-state index in [1.807, 2.05) is 70.3 Å². The minimum absolute atomic E-state index is 0.0550. The van der Waals surface area contributed by atoms with Gasteiger partial charge in [0.25, 0.3) is 0 Å². The fraction of sp³-hybridized carbons (Fsp3) is 0.545. The molecule has 2 unspecified atom stereocenters. The van der Waals surface area contributed by atoms with E-state index in [0.717, 1.165) is 24.1 Å². The van der Waals surface area contributed by atoms with Crippen LogP contribution in [0.25, 0.3) is 0 Å². The van der Waals surface area contributed by atoms with Crippen LogP contribution in [-0.4, -0.2) is 96.5 Å². The van der Waals surface area contributed by atoms with Gasteiger partial charge in [0.15, 0.2) is 0 Å². The first-order chi connectivity index (χ1) is 22.3. The van der Waals surface area contributed by atoms with Crippen molar-refractivity contribution in [1.29, 1.82) is 0 Å². The van der Waals surface area contributed by atoms with Crippen molar-refractivity contribution in [1.82, 2.24) is 20.9 Å². The van der Waals surface area contributed by atoms with Crippen molar-refractivity contribution in [3.63, 3.8) is 0 Å². The molecular formula is C33H50Cl2N4O8. The van der Waals surface area contributed by atoms with E-state index in [2.05, 4.69) is 25.4 Å². The van der Waals surface area contributed by atoms with E-state index in [9.17, 15) is 14.4 Å². The van der Waals surface area contributed by atoms with Crippen LogP contribution >= 0.6 is 23.2 Å². The smallest absolute Gasteiger partial charge is 0.410 e. The summed E-state index contributed by atoms with van der Waals surface area (Å²) >= 11 is 12.1. The number of methoxy groups -OCH3 is 2. The van der Waals surface area contributed by atoms with E-state index in [0.29, 0.717) is 49.3 Å². The van der Waals surface area contributed by atoms with Crippen molar-refractivity contribution in [2.24, 2.45) is 0 Å². The Labute approximate surface area is 288 Å². The summed E-state index contributed by atoms with van der Waals surface area (Å²) < 4.78 is 26.1. The number of hydrogen-bond acceptors (Lipinski definition) is 9. The van der Waals surface area contributed by atoms with Gasteiger partial charge in [-0.1, -0.05) is 47.5 Å². The number of carbonyl (C=O) groups is 3. The normalized spacial score (nSPS) is 12.1. The molecule has 2 rings (SSSR count). The first-order valence-corrected chi connectivity index (χ1v) is 16.0. The number of hydrogen-bond donors (Lipinski definition) is 3. The van der Waals surface area contributed by atoms with Crippen LogP contribution in [0.15, 0.2) is 48.5 Å². The standard InChI is InChI=1S/C19H29ClN2O5.C14H21ClN2O3/c1-19(2,3)27-18(24)22(4)11-9-16(14-7-6-8-15(20)13-14)26-12-10-21-17(23)25-5;1-16-7-6-13(11-4-3-5-12(15)10-11)20-9-8-17-14(18)19-2/h6-8,13,16H,9-12H2,1-5H3,(H,21,23);3-5,10,13,16H,6-9H2,1-2H3,(H,17,18). The number of benzene rings is 2. The molecule has 0 radical (unpaired) electrons. The quantitative estimate of drug-likeness (QED) is 0.135. The Morgan fingerprint density at radius 2 is 1.26 bits per heavy atom. The molecule has 0 saturated heterocycles. The predicted molar refractivity (Wildman–Crippen MR) is 183 cm³/mol. The predicted octanol–water partition coefficient (Wildman–Crippen LogP) is 6.37. The largest absolute Gasteiger partial charge is 0.453 e. The summed E-state index contributed by atoms with van der Waals surface area (Å²) in [5, 5.41) is 9.53. The average Bonchev–Trinajstić information content (AvgIpc) is 3.03. The molecule has 0 aliphatic rings. The van der Waals surface area contributed by atoms with E-state index in [-0.39, 0.29) is 18.3 Å². The van der Waals surface area contributed by atoms with Gasteiger partial charge >= 0.3 is 18.3 Å². The molecule has 12 nitrogen and oxygen atoms in total. The van der Waals surface area contributed by atoms with Crippen molar-refractivity contribution < 1.29 is 38.1 Å². The minimum Gasteiger partial charge on any atom is -0.453 e. The number of nitrogens with one attached hydrogen (secondary N) is 3. The second kappa shape index (κ2) is 23.1. The summed E-state index contributed by atoms with van der Waals surface area (Å²) in [6.45, 7) is 8.17. The minimum atomic E-state index is -0.548. The highest BCUT2D eigenvalue weighted by Gasteiger charge is 2.21. The second-order valence-electron chi connectivity index (χ2n) is 11.2. The van der Waals surface area contributed by atoms with Crippen LogP contribution in [-0.2, 0) is 23.7 Å². The Kier molecular flexibility index (Phi) is 20.5. The molecule has 0 aliphatic carbocycles. The summed E-state index contributed by atoms with van der Waals surface area (Å²) in [4.78, 5) is 35.7. The summed E-state index contributed by atoms with van der Waals surface area (Å²) in [6.07, 6.45) is -0.317. The monoisotopic (exact) mass is 700 g/mol. The van der Waals surface area contributed by atoms with E-state index >= 15 is 0 Å². The Bertz CT molecular complexity index is 1220. The van der Waals surface area contributed by atoms with Crippen LogP contribution in [0.3, 0.4) is 0 Å². The number of halogens is 2. The number of carbonyl (C=O) groups excluding carboxylic acids is 3. The Morgan fingerprint density at radius 1 is 0.787 bits per heavy atom. The van der Waals surface area contributed by atoms with E-state index in [1.165, 1.54) is 19.1 Å². The highest BCUT2D eigenvalue weighted by molar-refractivity contribution is 6.30. The maximum Gasteiger partial charge on any atom is 0.410 e. The van der Waals surface area contributed by atoms with Gasteiger partial charge in [0.2, 0.25) is 0 Å². The fourth-order valence-electron chi connectivity index (χ4n) is 3.98. The Balaban J connectivity index is 0.000000491. The molecule has 0 aromatic heterocycles. The van der Waals surface area contributed by atoms with Gasteiger partial charge in [0, 0.05) is 36.7 Å². The molecule has 3 N–H and O–H groups in total. The Morgan fingerprint density at radius 3 is 1.66 bits per heavy atom. The molecule has 264 valence electrons. The second-order valence-corrected chi connectivity index (χ2v) is 12.1. The summed E-state index contributed by atoms with van der Waals surface area (Å²) in [6, 6.07) is 15.0. The zero-order valence-electron chi connectivity index (χ0n) is 28.4.